The minimum Gasteiger partial charge on any atom is -0.507 e. The van der Waals surface area contributed by atoms with E-state index in [2.05, 4.69) is 0 Å². The Hall–Kier alpha value is -3.09. The fourth-order valence-corrected chi connectivity index (χ4v) is 4.73. The molecule has 4 nitrogen and oxygen atoms in total. The Kier molecular flexibility index (Phi) is 5.84. The zero-order valence-electron chi connectivity index (χ0n) is 17.7. The van der Waals surface area contributed by atoms with E-state index in [4.69, 9.17) is 0 Å². The van der Waals surface area contributed by atoms with Crippen molar-refractivity contribution in [3.8, 4) is 5.75 Å². The van der Waals surface area contributed by atoms with E-state index in [0.29, 0.717) is 17.8 Å². The largest absolute Gasteiger partial charge is 0.507 e. The lowest BCUT2D eigenvalue weighted by atomic mass is 9.86. The second-order valence-electron chi connectivity index (χ2n) is 8.30. The number of allylic oxidation sites excluding steroid dienone is 2. The van der Waals surface area contributed by atoms with Crippen LogP contribution in [0.4, 0.5) is 18.9 Å². The molecule has 170 valence electrons. The number of anilines is 1. The van der Waals surface area contributed by atoms with Crippen LogP contribution in [0, 0.1) is 0 Å². The molecule has 1 fully saturated rings. The van der Waals surface area contributed by atoms with Crippen LogP contribution < -0.4 is 4.90 Å². The molecule has 7 heteroatoms. The molecule has 1 heterocycles. The maximum absolute atomic E-state index is 13.9. The molecule has 0 saturated carbocycles. The summed E-state index contributed by atoms with van der Waals surface area (Å²) in [5.74, 6) is -1.57. The number of ketones is 2. The molecule has 4 rings (SSSR count). The number of nitrogens with zero attached hydrogens (tertiary/aromatic N) is 1. The quantitative estimate of drug-likeness (QED) is 0.617. The zero-order chi connectivity index (χ0) is 23.0. The van der Waals surface area contributed by atoms with E-state index in [0.717, 1.165) is 25.3 Å². The van der Waals surface area contributed by atoms with Crippen molar-refractivity contribution in [2.75, 3.05) is 11.4 Å². The number of Topliss-reactive ketones (excluding diaryl/α,β-unsaturated/α-hetero) is 2. The molecule has 2 aliphatic rings. The van der Waals surface area contributed by atoms with E-state index < -0.39 is 29.7 Å². The monoisotopic (exact) mass is 445 g/mol. The summed E-state index contributed by atoms with van der Waals surface area (Å²) in [5.41, 5.74) is -0.0497. The van der Waals surface area contributed by atoms with E-state index >= 15 is 0 Å². The molecule has 0 bridgehead atoms. The summed E-state index contributed by atoms with van der Waals surface area (Å²) in [5, 5.41) is 10.0. The van der Waals surface area contributed by atoms with Crippen LogP contribution in [0.25, 0.3) is 0 Å². The normalized spacial score (nSPS) is 18.5. The fraction of sp³-hybridized carbons (Fsp3) is 0.360. The van der Waals surface area contributed by atoms with Crippen LogP contribution in [-0.4, -0.2) is 29.3 Å². The first kappa shape index (κ1) is 22.1. The van der Waals surface area contributed by atoms with Crippen LogP contribution >= 0.6 is 0 Å². The lowest BCUT2D eigenvalue weighted by molar-refractivity contribution is -0.138. The number of rotatable bonds is 5. The van der Waals surface area contributed by atoms with Crippen molar-refractivity contribution in [1.82, 2.24) is 0 Å². The molecule has 0 amide bonds. The molecular weight excluding hydrogens is 419 g/mol. The highest BCUT2D eigenvalue weighted by atomic mass is 19.4. The van der Waals surface area contributed by atoms with E-state index in [1.54, 1.807) is 18.2 Å². The van der Waals surface area contributed by atoms with Gasteiger partial charge in [-0.2, -0.15) is 13.2 Å². The molecule has 1 N–H and O–H groups in total. The van der Waals surface area contributed by atoms with E-state index in [-0.39, 0.29) is 36.3 Å². The third-order valence-electron chi connectivity index (χ3n) is 6.36. The van der Waals surface area contributed by atoms with E-state index in [9.17, 15) is 27.9 Å². The minimum absolute atomic E-state index is 0. The van der Waals surface area contributed by atoms with Crippen molar-refractivity contribution in [1.29, 1.82) is 0 Å². The van der Waals surface area contributed by atoms with Gasteiger partial charge in [-0.15, -0.1) is 0 Å². The van der Waals surface area contributed by atoms with Gasteiger partial charge in [-0.1, -0.05) is 31.2 Å². The molecule has 1 aliphatic heterocycles. The highest BCUT2D eigenvalue weighted by Gasteiger charge is 2.36. The summed E-state index contributed by atoms with van der Waals surface area (Å²) in [6, 6.07) is 8.93. The van der Waals surface area contributed by atoms with Crippen molar-refractivity contribution in [3.63, 3.8) is 0 Å². The lowest BCUT2D eigenvalue weighted by Gasteiger charge is -2.27. The Morgan fingerprint density at radius 2 is 2.03 bits per heavy atom. The second-order valence-corrected chi connectivity index (χ2v) is 8.30. The molecule has 32 heavy (non-hydrogen) atoms. The number of hydrogen-bond acceptors (Lipinski definition) is 4. The van der Waals surface area contributed by atoms with Crippen LogP contribution in [0.3, 0.4) is 0 Å². The Labute approximate surface area is 185 Å². The number of alkyl halides is 3. The molecule has 1 atom stereocenters. The number of halogens is 3. The predicted octanol–water partition coefficient (Wildman–Crippen LogP) is 5.51. The van der Waals surface area contributed by atoms with Gasteiger partial charge >= 0.3 is 6.18 Å². The Balaban J connectivity index is 0.00000306. The number of fused-ring (bicyclic) bond motifs is 1. The van der Waals surface area contributed by atoms with Crippen LogP contribution in [0.5, 0.6) is 5.75 Å². The summed E-state index contributed by atoms with van der Waals surface area (Å²) in [6.45, 7) is 2.73. The number of carbonyl (C=O) groups excluding carboxylic acids is 2. The topological polar surface area (TPSA) is 57.6 Å². The van der Waals surface area contributed by atoms with Gasteiger partial charge in [-0.25, -0.2) is 0 Å². The maximum Gasteiger partial charge on any atom is 0.416 e. The van der Waals surface area contributed by atoms with Gasteiger partial charge in [0.25, 0.3) is 0 Å². The third-order valence-corrected chi connectivity index (χ3v) is 6.36. The minimum atomic E-state index is -4.62. The molecule has 1 aliphatic carbocycles. The first-order valence-electron chi connectivity index (χ1n) is 10.8. The highest BCUT2D eigenvalue weighted by molar-refractivity contribution is 6.28. The van der Waals surface area contributed by atoms with Gasteiger partial charge in [0.1, 0.15) is 5.75 Å². The van der Waals surface area contributed by atoms with E-state index in [1.165, 1.54) is 18.2 Å². The van der Waals surface area contributed by atoms with Crippen LogP contribution in [0.15, 0.2) is 48.0 Å². The number of carbonyl (C=O) groups is 2. The lowest BCUT2D eigenvalue weighted by Crippen LogP contribution is -2.29. The maximum atomic E-state index is 13.9. The molecule has 1 saturated heterocycles. The molecule has 0 aromatic heterocycles. The predicted molar refractivity (Wildman–Crippen MR) is 117 cm³/mol. The van der Waals surface area contributed by atoms with E-state index in [1.807, 2.05) is 11.8 Å². The molecular formula is C25H26F3NO3. The van der Waals surface area contributed by atoms with Gasteiger partial charge in [0, 0.05) is 26.1 Å². The zero-order valence-corrected chi connectivity index (χ0v) is 17.7. The Bertz CT molecular complexity index is 1110. The Morgan fingerprint density at radius 3 is 2.75 bits per heavy atom. The molecule has 2 aromatic rings. The first-order valence-corrected chi connectivity index (χ1v) is 10.8. The molecule has 0 radical (unpaired) electrons. The average Bonchev–Trinajstić information content (AvgIpc) is 3.22. The SMILES string of the molecule is CCC1CCCN1c1ccc(CC(=O)C2=CCc3cccc(O)c3C2=O)c(C(F)(F)F)c1.[HH]. The molecule has 0 spiro atoms. The number of hydrogen-bond donors (Lipinski definition) is 1. The second kappa shape index (κ2) is 8.45. The van der Waals surface area contributed by atoms with Crippen molar-refractivity contribution in [2.45, 2.75) is 51.2 Å². The standard InChI is InChI=1S/C25H24F3NO3.H2/c1-2-17-6-4-12-29(17)18-10-8-16(20(14-18)25(26,27)28)13-22(31)19-11-9-15-5-3-7-21(30)23(15)24(19)32;/h3,5,7-8,10-11,14,17,30H,2,4,6,9,12-13H2,1H3;1H. The van der Waals surface area contributed by atoms with Gasteiger partial charge in [0.2, 0.25) is 0 Å². The van der Waals surface area contributed by atoms with Crippen LogP contribution in [0.2, 0.25) is 0 Å². The summed E-state index contributed by atoms with van der Waals surface area (Å²) in [6.07, 6.45) is -0.728. The third kappa shape index (κ3) is 4.04. The highest BCUT2D eigenvalue weighted by Crippen LogP contribution is 2.37. The summed E-state index contributed by atoms with van der Waals surface area (Å²) in [4.78, 5) is 27.6. The van der Waals surface area contributed by atoms with Gasteiger partial charge in [-0.05, 0) is 55.0 Å². The van der Waals surface area contributed by atoms with Gasteiger partial charge < -0.3 is 10.0 Å². The van der Waals surface area contributed by atoms with Gasteiger partial charge in [-0.3, -0.25) is 9.59 Å². The van der Waals surface area contributed by atoms with Crippen molar-refractivity contribution < 1.29 is 29.3 Å². The summed E-state index contributed by atoms with van der Waals surface area (Å²) in [7, 11) is 0. The van der Waals surface area contributed by atoms with Crippen LogP contribution in [0.1, 0.15) is 54.7 Å². The summed E-state index contributed by atoms with van der Waals surface area (Å²) < 4.78 is 41.6. The molecule has 1 unspecified atom stereocenters. The first-order chi connectivity index (χ1) is 15.2. The number of aromatic hydroxyl groups is 1. The van der Waals surface area contributed by atoms with Gasteiger partial charge in [0.15, 0.2) is 11.6 Å². The fourth-order valence-electron chi connectivity index (χ4n) is 4.73. The van der Waals surface area contributed by atoms with Crippen molar-refractivity contribution in [2.24, 2.45) is 0 Å². The number of phenolic OH excluding ortho intramolecular Hbond substituents is 1. The Morgan fingerprint density at radius 1 is 1.25 bits per heavy atom. The molecule has 2 aromatic carbocycles. The van der Waals surface area contributed by atoms with Gasteiger partial charge in [0.05, 0.1) is 16.7 Å². The van der Waals surface area contributed by atoms with Crippen molar-refractivity contribution in [3.05, 3.63) is 70.3 Å². The van der Waals surface area contributed by atoms with Crippen LogP contribution in [-0.2, 0) is 23.8 Å². The summed E-state index contributed by atoms with van der Waals surface area (Å²) >= 11 is 0. The number of benzene rings is 2. The van der Waals surface area contributed by atoms with Crippen molar-refractivity contribution >= 4 is 17.3 Å². The smallest absolute Gasteiger partial charge is 0.416 e. The average molecular weight is 445 g/mol. The number of phenols is 1.